The van der Waals surface area contributed by atoms with Crippen LogP contribution in [0.2, 0.25) is 0 Å². The summed E-state index contributed by atoms with van der Waals surface area (Å²) in [4.78, 5) is 0. The summed E-state index contributed by atoms with van der Waals surface area (Å²) >= 11 is 0. The van der Waals surface area contributed by atoms with Gasteiger partial charge in [-0.05, 0) is 107 Å². The minimum Gasteiger partial charge on any atom is -0.390 e. The standard InChI is InChI=1S/C20H34O2/c1-18(21)9-6-14-13(12-18)4-5-16-15(14)7-10-19(2)17(16)8-11-20(19,3)22/h13-17,21-22H,4-12H2,1-3H3/t13-,14-,15+,16+,17-,18+,19-,20?/m0/s1. The second-order valence-corrected chi connectivity index (χ2v) is 9.94. The molecule has 4 aliphatic carbocycles. The van der Waals surface area contributed by atoms with Crippen molar-refractivity contribution in [3.05, 3.63) is 0 Å². The predicted octanol–water partition coefficient (Wildman–Crippen LogP) is 4.14. The molecule has 0 amide bonds. The maximum absolute atomic E-state index is 10.9. The molecule has 0 radical (unpaired) electrons. The molecule has 0 aromatic heterocycles. The molecule has 0 heterocycles. The van der Waals surface area contributed by atoms with Gasteiger partial charge in [0.15, 0.2) is 0 Å². The van der Waals surface area contributed by atoms with Gasteiger partial charge in [-0.3, -0.25) is 0 Å². The van der Waals surface area contributed by atoms with Crippen LogP contribution < -0.4 is 0 Å². The summed E-state index contributed by atoms with van der Waals surface area (Å²) in [5, 5.41) is 21.3. The van der Waals surface area contributed by atoms with Crippen LogP contribution in [0.3, 0.4) is 0 Å². The number of hydrogen-bond acceptors (Lipinski definition) is 2. The summed E-state index contributed by atoms with van der Waals surface area (Å²) in [5.41, 5.74) is -0.703. The van der Waals surface area contributed by atoms with Gasteiger partial charge in [-0.2, -0.15) is 0 Å². The van der Waals surface area contributed by atoms with Crippen molar-refractivity contribution in [1.29, 1.82) is 0 Å². The highest BCUT2D eigenvalue weighted by Crippen LogP contribution is 2.65. The van der Waals surface area contributed by atoms with Gasteiger partial charge >= 0.3 is 0 Å². The summed E-state index contributed by atoms with van der Waals surface area (Å²) in [6.45, 7) is 6.51. The van der Waals surface area contributed by atoms with Gasteiger partial charge in [0.2, 0.25) is 0 Å². The molecular formula is C20H34O2. The minimum atomic E-state index is -0.449. The Morgan fingerprint density at radius 3 is 2.23 bits per heavy atom. The van der Waals surface area contributed by atoms with Gasteiger partial charge in [-0.1, -0.05) is 6.92 Å². The van der Waals surface area contributed by atoms with Crippen molar-refractivity contribution in [1.82, 2.24) is 0 Å². The number of aliphatic hydroxyl groups is 2. The third-order valence-electron chi connectivity index (χ3n) is 8.80. The van der Waals surface area contributed by atoms with Crippen LogP contribution in [0, 0.1) is 35.0 Å². The maximum Gasteiger partial charge on any atom is 0.0675 e. The lowest BCUT2D eigenvalue weighted by Crippen LogP contribution is -2.53. The highest BCUT2D eigenvalue weighted by molar-refractivity contribution is 5.11. The van der Waals surface area contributed by atoms with Crippen molar-refractivity contribution in [3.8, 4) is 0 Å². The van der Waals surface area contributed by atoms with E-state index >= 15 is 0 Å². The highest BCUT2D eigenvalue weighted by atomic mass is 16.3. The molecule has 4 aliphatic rings. The molecule has 0 aromatic rings. The molecule has 2 heteroatoms. The maximum atomic E-state index is 10.9. The smallest absolute Gasteiger partial charge is 0.0675 e. The second kappa shape index (κ2) is 4.72. The van der Waals surface area contributed by atoms with Gasteiger partial charge in [-0.25, -0.2) is 0 Å². The van der Waals surface area contributed by atoms with Crippen LogP contribution in [-0.2, 0) is 0 Å². The first kappa shape index (κ1) is 15.4. The monoisotopic (exact) mass is 306 g/mol. The quantitative estimate of drug-likeness (QED) is 0.706. The van der Waals surface area contributed by atoms with Crippen molar-refractivity contribution in [2.75, 3.05) is 0 Å². The van der Waals surface area contributed by atoms with Gasteiger partial charge < -0.3 is 10.2 Å². The highest BCUT2D eigenvalue weighted by Gasteiger charge is 2.61. The van der Waals surface area contributed by atoms with E-state index in [1.165, 1.54) is 38.5 Å². The van der Waals surface area contributed by atoms with Crippen LogP contribution in [0.5, 0.6) is 0 Å². The van der Waals surface area contributed by atoms with Gasteiger partial charge in [0.25, 0.3) is 0 Å². The van der Waals surface area contributed by atoms with Crippen LogP contribution in [0.4, 0.5) is 0 Å². The molecule has 0 aromatic carbocycles. The zero-order chi connectivity index (χ0) is 15.8. The van der Waals surface area contributed by atoms with Crippen molar-refractivity contribution in [3.63, 3.8) is 0 Å². The van der Waals surface area contributed by atoms with Crippen molar-refractivity contribution >= 4 is 0 Å². The molecule has 0 saturated heterocycles. The molecular weight excluding hydrogens is 272 g/mol. The Kier molecular flexibility index (Phi) is 3.32. The molecule has 126 valence electrons. The van der Waals surface area contributed by atoms with Crippen molar-refractivity contribution in [2.45, 2.75) is 89.8 Å². The normalized spacial score (nSPS) is 61.2. The fourth-order valence-electron chi connectivity index (χ4n) is 7.33. The zero-order valence-corrected chi connectivity index (χ0v) is 14.6. The van der Waals surface area contributed by atoms with E-state index in [0.717, 1.165) is 48.9 Å². The number of hydrogen-bond donors (Lipinski definition) is 2. The first-order valence-corrected chi connectivity index (χ1v) is 9.68. The molecule has 2 N–H and O–H groups in total. The SMILES string of the molecule is CC1(O)CC[C@H]2[C@@H]3CC[C@H]4C[C@](C)(O)CC[C@@H]4[C@H]3CC[C@@]21C. The van der Waals surface area contributed by atoms with Crippen molar-refractivity contribution < 1.29 is 10.2 Å². The molecule has 4 fully saturated rings. The predicted molar refractivity (Wildman–Crippen MR) is 88.4 cm³/mol. The van der Waals surface area contributed by atoms with Crippen LogP contribution >= 0.6 is 0 Å². The molecule has 1 unspecified atom stereocenters. The summed E-state index contributed by atoms with van der Waals surface area (Å²) in [6.07, 6.45) is 10.7. The van der Waals surface area contributed by atoms with E-state index in [0.29, 0.717) is 0 Å². The molecule has 22 heavy (non-hydrogen) atoms. The lowest BCUT2D eigenvalue weighted by molar-refractivity contribution is -0.133. The van der Waals surface area contributed by atoms with E-state index in [-0.39, 0.29) is 5.41 Å². The fourth-order valence-corrected chi connectivity index (χ4v) is 7.33. The Balaban J connectivity index is 1.57. The lowest BCUT2D eigenvalue weighted by atomic mass is 9.48. The summed E-state index contributed by atoms with van der Waals surface area (Å²) in [6, 6.07) is 0. The fraction of sp³-hybridized carbons (Fsp3) is 1.00. The first-order valence-electron chi connectivity index (χ1n) is 9.68. The van der Waals surface area contributed by atoms with E-state index in [4.69, 9.17) is 0 Å². The summed E-state index contributed by atoms with van der Waals surface area (Å²) in [5.74, 6) is 4.08. The van der Waals surface area contributed by atoms with Gasteiger partial charge in [0.1, 0.15) is 0 Å². The Hall–Kier alpha value is -0.0800. The third-order valence-corrected chi connectivity index (χ3v) is 8.80. The first-order chi connectivity index (χ1) is 10.2. The van der Waals surface area contributed by atoms with E-state index in [1.807, 2.05) is 6.92 Å². The van der Waals surface area contributed by atoms with Crippen LogP contribution in [0.15, 0.2) is 0 Å². The van der Waals surface area contributed by atoms with Crippen LogP contribution in [0.25, 0.3) is 0 Å². The van der Waals surface area contributed by atoms with E-state index in [2.05, 4.69) is 13.8 Å². The largest absolute Gasteiger partial charge is 0.390 e. The zero-order valence-electron chi connectivity index (χ0n) is 14.6. The molecule has 0 spiro atoms. The molecule has 0 bridgehead atoms. The second-order valence-electron chi connectivity index (χ2n) is 9.94. The molecule has 0 aliphatic heterocycles. The van der Waals surface area contributed by atoms with E-state index in [1.54, 1.807) is 0 Å². The van der Waals surface area contributed by atoms with Gasteiger partial charge in [0.05, 0.1) is 11.2 Å². The lowest BCUT2D eigenvalue weighted by Gasteiger charge is -2.57. The molecule has 4 saturated carbocycles. The average molecular weight is 306 g/mol. The number of rotatable bonds is 0. The Labute approximate surface area is 135 Å². The Morgan fingerprint density at radius 2 is 1.45 bits per heavy atom. The third kappa shape index (κ3) is 2.05. The topological polar surface area (TPSA) is 40.5 Å². The average Bonchev–Trinajstić information content (AvgIpc) is 2.68. The molecule has 2 nitrogen and oxygen atoms in total. The van der Waals surface area contributed by atoms with Gasteiger partial charge in [-0.15, -0.1) is 0 Å². The van der Waals surface area contributed by atoms with Crippen LogP contribution in [-0.4, -0.2) is 21.4 Å². The number of fused-ring (bicyclic) bond motifs is 5. The molecule has 8 atom stereocenters. The van der Waals surface area contributed by atoms with Gasteiger partial charge in [0, 0.05) is 0 Å². The van der Waals surface area contributed by atoms with E-state index in [9.17, 15) is 10.2 Å². The summed E-state index contributed by atoms with van der Waals surface area (Å²) < 4.78 is 0. The minimum absolute atomic E-state index is 0.154. The Bertz CT molecular complexity index is 455. The molecule has 4 rings (SSSR count). The summed E-state index contributed by atoms with van der Waals surface area (Å²) in [7, 11) is 0. The van der Waals surface area contributed by atoms with E-state index < -0.39 is 11.2 Å². The van der Waals surface area contributed by atoms with Crippen LogP contribution in [0.1, 0.15) is 78.6 Å². The van der Waals surface area contributed by atoms with Crippen molar-refractivity contribution in [2.24, 2.45) is 35.0 Å². The Morgan fingerprint density at radius 1 is 0.727 bits per heavy atom.